The molecule has 0 amide bonds. The summed E-state index contributed by atoms with van der Waals surface area (Å²) in [5.41, 5.74) is 0. The molecule has 0 aliphatic rings. The minimum Gasteiger partial charge on any atom is -0.312 e. The number of nitrogens with one attached hydrogen (secondary N) is 1. The van der Waals surface area contributed by atoms with E-state index in [0.717, 1.165) is 25.9 Å². The van der Waals surface area contributed by atoms with Crippen LogP contribution in [-0.2, 0) is 0 Å². The molecule has 0 saturated carbocycles. The maximum atomic E-state index is 5.27. The van der Waals surface area contributed by atoms with E-state index in [0.29, 0.717) is 6.04 Å². The van der Waals surface area contributed by atoms with Gasteiger partial charge in [-0.1, -0.05) is 6.92 Å². The molecular weight excluding hydrogens is 148 g/mol. The van der Waals surface area contributed by atoms with Gasteiger partial charge in [-0.25, -0.2) is 0 Å². The average Bonchev–Trinajstić information content (AvgIpc) is 2.00. The summed E-state index contributed by atoms with van der Waals surface area (Å²) in [7, 11) is 4.13. The summed E-state index contributed by atoms with van der Waals surface area (Å²) in [4.78, 5) is 2.16. The third-order valence-corrected chi connectivity index (χ3v) is 1.63. The lowest BCUT2D eigenvalue weighted by molar-refractivity contribution is 0.340. The Hall–Kier alpha value is -0.520. The molecule has 0 bridgehead atoms. The van der Waals surface area contributed by atoms with Gasteiger partial charge in [0, 0.05) is 19.0 Å². The Morgan fingerprint density at radius 3 is 2.58 bits per heavy atom. The number of terminal acetylenes is 1. The molecule has 2 nitrogen and oxygen atoms in total. The van der Waals surface area contributed by atoms with Crippen molar-refractivity contribution in [2.24, 2.45) is 0 Å². The van der Waals surface area contributed by atoms with Gasteiger partial charge >= 0.3 is 0 Å². The number of rotatable bonds is 6. The number of likely N-dealkylation sites (N-methyl/N-ethyl adjacent to an activating group) is 1. The smallest absolute Gasteiger partial charge is 0.0304 e. The van der Waals surface area contributed by atoms with Gasteiger partial charge in [0.1, 0.15) is 0 Å². The molecule has 1 N–H and O–H groups in total. The topological polar surface area (TPSA) is 15.3 Å². The molecule has 0 spiro atoms. The largest absolute Gasteiger partial charge is 0.312 e. The summed E-state index contributed by atoms with van der Waals surface area (Å²) in [6, 6.07) is 0.449. The molecule has 0 aromatic carbocycles. The number of nitrogens with zero attached hydrogens (tertiary/aromatic N) is 1. The van der Waals surface area contributed by atoms with E-state index < -0.39 is 0 Å². The van der Waals surface area contributed by atoms with Crippen LogP contribution in [-0.4, -0.2) is 38.1 Å². The van der Waals surface area contributed by atoms with Crippen LogP contribution in [0.5, 0.6) is 0 Å². The first-order valence-corrected chi connectivity index (χ1v) is 4.52. The summed E-state index contributed by atoms with van der Waals surface area (Å²) in [5.74, 6) is 2.69. The lowest BCUT2D eigenvalue weighted by atomic mass is 10.2. The fraction of sp³-hybridized carbons (Fsp3) is 0.800. The SMILES string of the molecule is C#CCC(CN(C)C)NCCC. The normalized spacial score (nSPS) is 12.9. The van der Waals surface area contributed by atoms with E-state index >= 15 is 0 Å². The van der Waals surface area contributed by atoms with Crippen LogP contribution in [0.15, 0.2) is 0 Å². The Morgan fingerprint density at radius 1 is 1.50 bits per heavy atom. The van der Waals surface area contributed by atoms with Gasteiger partial charge in [-0.2, -0.15) is 0 Å². The quantitative estimate of drug-likeness (QED) is 0.594. The molecule has 0 aliphatic heterocycles. The Balaban J connectivity index is 3.63. The molecule has 0 radical (unpaired) electrons. The summed E-state index contributed by atoms with van der Waals surface area (Å²) in [6.45, 7) is 4.24. The van der Waals surface area contributed by atoms with Gasteiger partial charge in [-0.3, -0.25) is 0 Å². The predicted octanol–water partition coefficient (Wildman–Crippen LogP) is 0.939. The van der Waals surface area contributed by atoms with Crippen molar-refractivity contribution in [1.82, 2.24) is 10.2 Å². The highest BCUT2D eigenvalue weighted by atomic mass is 15.1. The van der Waals surface area contributed by atoms with Crippen molar-refractivity contribution >= 4 is 0 Å². The van der Waals surface area contributed by atoms with Crippen molar-refractivity contribution in [3.63, 3.8) is 0 Å². The first kappa shape index (κ1) is 11.5. The average molecular weight is 168 g/mol. The minimum absolute atomic E-state index is 0.449. The van der Waals surface area contributed by atoms with Crippen LogP contribution in [0.4, 0.5) is 0 Å². The lowest BCUT2D eigenvalue weighted by Gasteiger charge is -2.20. The molecule has 0 saturated heterocycles. The molecule has 2 heteroatoms. The second kappa shape index (κ2) is 7.15. The van der Waals surface area contributed by atoms with Crippen LogP contribution in [0.25, 0.3) is 0 Å². The number of hydrogen-bond donors (Lipinski definition) is 1. The highest BCUT2D eigenvalue weighted by Crippen LogP contribution is 1.92. The summed E-state index contributed by atoms with van der Waals surface area (Å²) < 4.78 is 0. The molecule has 70 valence electrons. The standard InChI is InChI=1S/C10H20N2/c1-5-7-10(9-12(3)4)11-8-6-2/h1,10-11H,6-9H2,2-4H3. The van der Waals surface area contributed by atoms with Gasteiger partial charge in [-0.15, -0.1) is 12.3 Å². The monoisotopic (exact) mass is 168 g/mol. The maximum absolute atomic E-state index is 5.27. The second-order valence-electron chi connectivity index (χ2n) is 3.32. The molecule has 1 unspecified atom stereocenters. The molecule has 0 aromatic rings. The molecule has 12 heavy (non-hydrogen) atoms. The van der Waals surface area contributed by atoms with Crippen molar-refractivity contribution in [2.45, 2.75) is 25.8 Å². The lowest BCUT2D eigenvalue weighted by Crippen LogP contribution is -2.38. The van der Waals surface area contributed by atoms with Gasteiger partial charge in [-0.05, 0) is 27.1 Å². The molecular formula is C10H20N2. The van der Waals surface area contributed by atoms with Crippen LogP contribution in [0.1, 0.15) is 19.8 Å². The van der Waals surface area contributed by atoms with Crippen molar-refractivity contribution in [2.75, 3.05) is 27.2 Å². The summed E-state index contributed by atoms with van der Waals surface area (Å²) in [5, 5.41) is 3.42. The minimum atomic E-state index is 0.449. The van der Waals surface area contributed by atoms with E-state index in [4.69, 9.17) is 6.42 Å². The maximum Gasteiger partial charge on any atom is 0.0304 e. The second-order valence-corrected chi connectivity index (χ2v) is 3.32. The van der Waals surface area contributed by atoms with Gasteiger partial charge in [0.05, 0.1) is 0 Å². The summed E-state index contributed by atoms with van der Waals surface area (Å²) >= 11 is 0. The van der Waals surface area contributed by atoms with Crippen molar-refractivity contribution in [3.05, 3.63) is 0 Å². The van der Waals surface area contributed by atoms with Crippen molar-refractivity contribution in [3.8, 4) is 12.3 Å². The Bertz CT molecular complexity index is 135. The van der Waals surface area contributed by atoms with Crippen LogP contribution in [0.3, 0.4) is 0 Å². The van der Waals surface area contributed by atoms with Crippen molar-refractivity contribution < 1.29 is 0 Å². The van der Waals surface area contributed by atoms with E-state index in [1.807, 2.05) is 0 Å². The third kappa shape index (κ3) is 6.21. The Labute approximate surface area is 76.3 Å². The van der Waals surface area contributed by atoms with E-state index in [9.17, 15) is 0 Å². The van der Waals surface area contributed by atoms with Crippen LogP contribution in [0.2, 0.25) is 0 Å². The van der Waals surface area contributed by atoms with E-state index in [-0.39, 0.29) is 0 Å². The molecule has 0 fully saturated rings. The fourth-order valence-electron chi connectivity index (χ4n) is 1.13. The van der Waals surface area contributed by atoms with Gasteiger partial charge in [0.2, 0.25) is 0 Å². The van der Waals surface area contributed by atoms with Crippen LogP contribution < -0.4 is 5.32 Å². The first-order valence-electron chi connectivity index (χ1n) is 4.52. The fourth-order valence-corrected chi connectivity index (χ4v) is 1.13. The Morgan fingerprint density at radius 2 is 2.17 bits per heavy atom. The predicted molar refractivity (Wildman–Crippen MR) is 54.1 cm³/mol. The highest BCUT2D eigenvalue weighted by Gasteiger charge is 2.05. The zero-order valence-corrected chi connectivity index (χ0v) is 8.43. The molecule has 0 aromatic heterocycles. The molecule has 0 aliphatic carbocycles. The zero-order chi connectivity index (χ0) is 9.40. The van der Waals surface area contributed by atoms with Gasteiger partial charge in [0.15, 0.2) is 0 Å². The third-order valence-electron chi connectivity index (χ3n) is 1.63. The molecule has 0 rings (SSSR count). The molecule has 0 heterocycles. The van der Waals surface area contributed by atoms with E-state index in [1.54, 1.807) is 0 Å². The van der Waals surface area contributed by atoms with Crippen molar-refractivity contribution in [1.29, 1.82) is 0 Å². The van der Waals surface area contributed by atoms with Crippen LogP contribution >= 0.6 is 0 Å². The summed E-state index contributed by atoms with van der Waals surface area (Å²) in [6.07, 6.45) is 7.25. The van der Waals surface area contributed by atoms with Crippen LogP contribution in [0, 0.1) is 12.3 Å². The van der Waals surface area contributed by atoms with E-state index in [1.165, 1.54) is 0 Å². The number of hydrogen-bond acceptors (Lipinski definition) is 2. The highest BCUT2D eigenvalue weighted by molar-refractivity contribution is 4.90. The molecule has 1 atom stereocenters. The first-order chi connectivity index (χ1) is 5.70. The zero-order valence-electron chi connectivity index (χ0n) is 8.43. The van der Waals surface area contributed by atoms with Gasteiger partial charge < -0.3 is 10.2 Å². The van der Waals surface area contributed by atoms with Gasteiger partial charge in [0.25, 0.3) is 0 Å². The van der Waals surface area contributed by atoms with E-state index in [2.05, 4.69) is 37.2 Å². The Kier molecular flexibility index (Phi) is 6.84.